The van der Waals surface area contributed by atoms with Crippen molar-refractivity contribution >= 4 is 16.1 Å². The number of benzene rings is 1. The first kappa shape index (κ1) is 19.3. The zero-order chi connectivity index (χ0) is 17.8. The van der Waals surface area contributed by atoms with Crippen molar-refractivity contribution < 1.29 is 26.7 Å². The summed E-state index contributed by atoms with van der Waals surface area (Å²) in [6.07, 6.45) is -0.607. The molecule has 0 heterocycles. The van der Waals surface area contributed by atoms with Crippen molar-refractivity contribution in [2.24, 2.45) is 0 Å². The van der Waals surface area contributed by atoms with Crippen molar-refractivity contribution in [2.75, 3.05) is 20.1 Å². The summed E-state index contributed by atoms with van der Waals surface area (Å²) in [6, 6.07) is 2.18. The van der Waals surface area contributed by atoms with Gasteiger partial charge in [0.15, 0.2) is 0 Å². The van der Waals surface area contributed by atoms with Gasteiger partial charge in [0.1, 0.15) is 22.1 Å². The number of nitrogens with zero attached hydrogens (tertiary/aromatic N) is 1. The molecule has 0 aromatic heterocycles. The smallest absolute Gasteiger partial charge is 0.410 e. The molecule has 0 saturated heterocycles. The van der Waals surface area contributed by atoms with Crippen LogP contribution in [-0.2, 0) is 14.8 Å². The third-order valence-electron chi connectivity index (χ3n) is 2.63. The molecule has 0 unspecified atom stereocenters. The topological polar surface area (TPSA) is 75.7 Å². The molecule has 130 valence electrons. The van der Waals surface area contributed by atoms with Gasteiger partial charge in [-0.15, -0.1) is 0 Å². The van der Waals surface area contributed by atoms with Crippen LogP contribution in [0.4, 0.5) is 13.6 Å². The number of ether oxygens (including phenoxy) is 1. The van der Waals surface area contributed by atoms with Gasteiger partial charge in [0.25, 0.3) is 0 Å². The van der Waals surface area contributed by atoms with Gasteiger partial charge in [-0.3, -0.25) is 0 Å². The number of amides is 1. The molecule has 1 rings (SSSR count). The van der Waals surface area contributed by atoms with Crippen LogP contribution in [0.25, 0.3) is 0 Å². The van der Waals surface area contributed by atoms with Gasteiger partial charge >= 0.3 is 6.09 Å². The van der Waals surface area contributed by atoms with Crippen LogP contribution >= 0.6 is 0 Å². The summed E-state index contributed by atoms with van der Waals surface area (Å²) in [6.45, 7) is 5.00. The zero-order valence-electron chi connectivity index (χ0n) is 13.4. The predicted molar refractivity (Wildman–Crippen MR) is 80.4 cm³/mol. The number of carbonyl (C=O) groups is 1. The summed E-state index contributed by atoms with van der Waals surface area (Å²) in [5.74, 6) is -2.05. The van der Waals surface area contributed by atoms with Crippen molar-refractivity contribution in [1.29, 1.82) is 0 Å². The summed E-state index contributed by atoms with van der Waals surface area (Å²) >= 11 is 0. The fourth-order valence-electron chi connectivity index (χ4n) is 1.55. The number of likely N-dealkylation sites (N-methyl/N-ethyl adjacent to an activating group) is 1. The number of halogens is 2. The van der Waals surface area contributed by atoms with E-state index in [0.717, 1.165) is 12.1 Å². The normalized spacial score (nSPS) is 12.1. The Balaban J connectivity index is 2.62. The molecule has 0 saturated carbocycles. The Hall–Kier alpha value is -1.74. The van der Waals surface area contributed by atoms with E-state index in [1.54, 1.807) is 20.8 Å². The Morgan fingerprint density at radius 2 is 1.91 bits per heavy atom. The van der Waals surface area contributed by atoms with Gasteiger partial charge in [0, 0.05) is 26.2 Å². The van der Waals surface area contributed by atoms with Crippen LogP contribution in [0.15, 0.2) is 23.1 Å². The molecule has 6 nitrogen and oxygen atoms in total. The van der Waals surface area contributed by atoms with Gasteiger partial charge < -0.3 is 9.64 Å². The van der Waals surface area contributed by atoms with E-state index in [2.05, 4.69) is 4.72 Å². The van der Waals surface area contributed by atoms with Crippen LogP contribution < -0.4 is 4.72 Å². The van der Waals surface area contributed by atoms with Crippen LogP contribution in [0, 0.1) is 11.6 Å². The van der Waals surface area contributed by atoms with E-state index in [4.69, 9.17) is 4.74 Å². The predicted octanol–water partition coefficient (Wildman–Crippen LogP) is 2.11. The van der Waals surface area contributed by atoms with Crippen LogP contribution in [-0.4, -0.2) is 45.1 Å². The molecule has 1 aromatic carbocycles. The van der Waals surface area contributed by atoms with Crippen molar-refractivity contribution in [3.8, 4) is 0 Å². The molecule has 1 N–H and O–H groups in total. The molecule has 0 spiro atoms. The fraction of sp³-hybridized carbons (Fsp3) is 0.500. The van der Waals surface area contributed by atoms with Gasteiger partial charge in [-0.1, -0.05) is 0 Å². The third kappa shape index (κ3) is 6.11. The molecule has 0 atom stereocenters. The van der Waals surface area contributed by atoms with Crippen LogP contribution in [0.1, 0.15) is 20.8 Å². The van der Waals surface area contributed by atoms with Gasteiger partial charge in [0.2, 0.25) is 10.0 Å². The molecule has 23 heavy (non-hydrogen) atoms. The standard InChI is InChI=1S/C14H20F2N2O4S/c1-14(2,3)22-13(19)18(4)8-7-17-23(20,21)12-6-5-10(15)9-11(12)16/h5-6,9,17H,7-8H2,1-4H3. The van der Waals surface area contributed by atoms with E-state index in [0.29, 0.717) is 6.07 Å². The Kier molecular flexibility index (Phi) is 6.06. The molecule has 0 radical (unpaired) electrons. The molecular formula is C14H20F2N2O4S. The molecular weight excluding hydrogens is 330 g/mol. The summed E-state index contributed by atoms with van der Waals surface area (Å²) in [5, 5.41) is 0. The maximum absolute atomic E-state index is 13.5. The second-order valence-corrected chi connectivity index (χ2v) is 7.61. The number of nitrogens with one attached hydrogen (secondary N) is 1. The highest BCUT2D eigenvalue weighted by atomic mass is 32.2. The van der Waals surface area contributed by atoms with E-state index in [1.165, 1.54) is 11.9 Å². The lowest BCUT2D eigenvalue weighted by Gasteiger charge is -2.24. The minimum atomic E-state index is -4.13. The average molecular weight is 350 g/mol. The lowest BCUT2D eigenvalue weighted by atomic mass is 10.2. The van der Waals surface area contributed by atoms with Gasteiger partial charge in [-0.2, -0.15) is 0 Å². The minimum Gasteiger partial charge on any atom is -0.444 e. The number of carbonyl (C=O) groups excluding carboxylic acids is 1. The molecule has 0 aliphatic heterocycles. The Bertz CT molecular complexity index is 672. The first-order chi connectivity index (χ1) is 10.4. The van der Waals surface area contributed by atoms with Crippen molar-refractivity contribution in [3.05, 3.63) is 29.8 Å². The Morgan fingerprint density at radius 3 is 2.43 bits per heavy atom. The van der Waals surface area contributed by atoms with Crippen LogP contribution in [0.5, 0.6) is 0 Å². The maximum atomic E-state index is 13.5. The minimum absolute atomic E-state index is 0.0248. The van der Waals surface area contributed by atoms with E-state index >= 15 is 0 Å². The molecule has 0 fully saturated rings. The van der Waals surface area contributed by atoms with Gasteiger partial charge in [-0.25, -0.2) is 26.7 Å². The molecule has 0 aliphatic carbocycles. The van der Waals surface area contributed by atoms with Crippen molar-refractivity contribution in [2.45, 2.75) is 31.3 Å². The van der Waals surface area contributed by atoms with Gasteiger partial charge in [0.05, 0.1) is 0 Å². The molecule has 1 amide bonds. The molecule has 0 bridgehead atoms. The van der Waals surface area contributed by atoms with Crippen molar-refractivity contribution in [3.63, 3.8) is 0 Å². The first-order valence-corrected chi connectivity index (χ1v) is 8.29. The van der Waals surface area contributed by atoms with Crippen molar-refractivity contribution in [1.82, 2.24) is 9.62 Å². The highest BCUT2D eigenvalue weighted by Crippen LogP contribution is 2.15. The summed E-state index contributed by atoms with van der Waals surface area (Å²) < 4.78 is 57.4. The lowest BCUT2D eigenvalue weighted by molar-refractivity contribution is 0.0302. The monoisotopic (exact) mass is 350 g/mol. The number of rotatable bonds is 5. The number of hydrogen-bond donors (Lipinski definition) is 1. The van der Waals surface area contributed by atoms with Gasteiger partial charge in [-0.05, 0) is 32.9 Å². The Labute approximate surface area is 134 Å². The summed E-state index contributed by atoms with van der Waals surface area (Å²) in [7, 11) is -2.69. The zero-order valence-corrected chi connectivity index (χ0v) is 14.2. The first-order valence-electron chi connectivity index (χ1n) is 6.81. The van der Waals surface area contributed by atoms with E-state index in [1.807, 2.05) is 0 Å². The summed E-state index contributed by atoms with van der Waals surface area (Å²) in [4.78, 5) is 12.2. The number of sulfonamides is 1. The lowest BCUT2D eigenvalue weighted by Crippen LogP contribution is -2.39. The maximum Gasteiger partial charge on any atom is 0.410 e. The highest BCUT2D eigenvalue weighted by molar-refractivity contribution is 7.89. The van der Waals surface area contributed by atoms with Crippen LogP contribution in [0.2, 0.25) is 0 Å². The van der Waals surface area contributed by atoms with E-state index in [-0.39, 0.29) is 13.1 Å². The second kappa shape index (κ2) is 7.22. The third-order valence-corrected chi connectivity index (χ3v) is 4.12. The number of hydrogen-bond acceptors (Lipinski definition) is 4. The van der Waals surface area contributed by atoms with E-state index in [9.17, 15) is 22.0 Å². The highest BCUT2D eigenvalue weighted by Gasteiger charge is 2.22. The summed E-state index contributed by atoms with van der Waals surface area (Å²) in [5.41, 5.74) is -0.665. The Morgan fingerprint density at radius 1 is 1.30 bits per heavy atom. The van der Waals surface area contributed by atoms with E-state index < -0.39 is 38.2 Å². The average Bonchev–Trinajstić information content (AvgIpc) is 2.35. The fourth-order valence-corrected chi connectivity index (χ4v) is 2.63. The largest absolute Gasteiger partial charge is 0.444 e. The second-order valence-electron chi connectivity index (χ2n) is 5.87. The molecule has 0 aliphatic rings. The van der Waals surface area contributed by atoms with Crippen LogP contribution in [0.3, 0.4) is 0 Å². The molecule has 1 aromatic rings. The quantitative estimate of drug-likeness (QED) is 0.882. The SMILES string of the molecule is CN(CCNS(=O)(=O)c1ccc(F)cc1F)C(=O)OC(C)(C)C. The molecule has 9 heteroatoms.